The number of halogens is 3. The second-order valence-electron chi connectivity index (χ2n) is 8.94. The number of hydrogen-bond acceptors (Lipinski definition) is 10. The monoisotopic (exact) mass is 896 g/mol. The predicted molar refractivity (Wildman–Crippen MR) is 182 cm³/mol. The first-order chi connectivity index (χ1) is 20.5. The molecule has 0 amide bonds. The maximum absolute atomic E-state index is 14.1. The van der Waals surface area contributed by atoms with Crippen LogP contribution >= 0.6 is 72.4 Å². The highest BCUT2D eigenvalue weighted by molar-refractivity contribution is 14.1. The van der Waals surface area contributed by atoms with Gasteiger partial charge >= 0.3 is 11.9 Å². The number of carbonyl (C=O) groups excluding carboxylic acids is 2. The first-order valence-corrected chi connectivity index (χ1v) is 16.7. The zero-order valence-corrected chi connectivity index (χ0v) is 30.5. The van der Waals surface area contributed by atoms with Crippen molar-refractivity contribution in [3.8, 4) is 17.2 Å². The minimum atomic E-state index is -0.842. The number of rotatable bonds is 10. The smallest absolute Gasteiger partial charge is 0.344 e. The standard InChI is InChI=1S/C29H27BrI2N2O8S/c1-6-40-23(35)13-42-26-18(31)8-15(9-19(26)32)10-22-27(36)34-25(16-11-20(38-4)21(39-5)12-17(16)30)24(28(37)41-7-2)14(3)33-29(34)43-22/h8-12,25H,6-7,13H2,1-5H3/b22-10-/t25-/m1/s1. The molecule has 43 heavy (non-hydrogen) atoms. The number of nitrogens with zero attached hydrogens (tertiary/aromatic N) is 2. The average molecular weight is 897 g/mol. The quantitative estimate of drug-likeness (QED) is 0.212. The fraction of sp³-hybridized carbons (Fsp3) is 0.310. The van der Waals surface area contributed by atoms with E-state index in [0.717, 1.165) is 12.7 Å². The van der Waals surface area contributed by atoms with E-state index in [-0.39, 0.29) is 31.0 Å². The van der Waals surface area contributed by atoms with Gasteiger partial charge in [0, 0.05) is 4.47 Å². The average Bonchev–Trinajstić information content (AvgIpc) is 3.25. The SMILES string of the molecule is CCOC(=O)COc1c(I)cc(/C=c2\sc3n(c2=O)[C@H](c2cc(OC)c(OC)cc2Br)C(C(=O)OCC)=C(C)N=3)cc1I. The Labute approximate surface area is 287 Å². The topological polar surface area (TPSA) is 115 Å². The van der Waals surface area contributed by atoms with Crippen LogP contribution in [0.2, 0.25) is 0 Å². The maximum atomic E-state index is 14.1. The number of carbonyl (C=O) groups is 2. The van der Waals surface area contributed by atoms with Gasteiger partial charge in [0.1, 0.15) is 5.75 Å². The van der Waals surface area contributed by atoms with Gasteiger partial charge in [-0.05, 0) is 107 Å². The Morgan fingerprint density at radius 1 is 1.05 bits per heavy atom. The summed E-state index contributed by atoms with van der Waals surface area (Å²) in [6.07, 6.45) is 1.77. The molecule has 228 valence electrons. The molecule has 0 aliphatic carbocycles. The largest absolute Gasteiger partial charge is 0.493 e. The Hall–Kier alpha value is -2.44. The molecule has 1 aliphatic heterocycles. The summed E-state index contributed by atoms with van der Waals surface area (Å²) in [5.74, 6) is 0.471. The highest BCUT2D eigenvalue weighted by Gasteiger charge is 2.35. The van der Waals surface area contributed by atoms with Crippen LogP contribution in [0.3, 0.4) is 0 Å². The molecule has 0 radical (unpaired) electrons. The predicted octanol–water partition coefficient (Wildman–Crippen LogP) is 4.73. The number of aromatic nitrogens is 1. The molecule has 0 spiro atoms. The summed E-state index contributed by atoms with van der Waals surface area (Å²) in [5, 5.41) is 0. The molecular weight excluding hydrogens is 870 g/mol. The van der Waals surface area contributed by atoms with Gasteiger partial charge in [-0.15, -0.1) is 0 Å². The fourth-order valence-electron chi connectivity index (χ4n) is 4.45. The van der Waals surface area contributed by atoms with Crippen LogP contribution in [-0.2, 0) is 19.1 Å². The lowest BCUT2D eigenvalue weighted by molar-refractivity contribution is -0.145. The third kappa shape index (κ3) is 7.12. The molecule has 14 heteroatoms. The summed E-state index contributed by atoms with van der Waals surface area (Å²) >= 11 is 9.09. The summed E-state index contributed by atoms with van der Waals surface area (Å²) in [5.41, 5.74) is 1.74. The van der Waals surface area contributed by atoms with Crippen molar-refractivity contribution in [3.05, 3.63) is 78.0 Å². The summed E-state index contributed by atoms with van der Waals surface area (Å²) in [4.78, 5) is 44.2. The molecule has 0 saturated carbocycles. The lowest BCUT2D eigenvalue weighted by Gasteiger charge is -2.26. The molecule has 2 heterocycles. The molecule has 0 unspecified atom stereocenters. The van der Waals surface area contributed by atoms with E-state index in [1.165, 1.54) is 30.1 Å². The normalized spacial score (nSPS) is 14.6. The molecular formula is C29H27BrI2N2O8S. The molecule has 2 aromatic carbocycles. The summed E-state index contributed by atoms with van der Waals surface area (Å²) < 4.78 is 31.1. The summed E-state index contributed by atoms with van der Waals surface area (Å²) in [6, 6.07) is 6.35. The van der Waals surface area contributed by atoms with E-state index in [1.54, 1.807) is 39.0 Å². The van der Waals surface area contributed by atoms with Crippen molar-refractivity contribution in [2.75, 3.05) is 34.0 Å². The van der Waals surface area contributed by atoms with Gasteiger partial charge in [-0.1, -0.05) is 27.3 Å². The van der Waals surface area contributed by atoms with E-state index in [1.807, 2.05) is 12.1 Å². The molecule has 1 aliphatic rings. The van der Waals surface area contributed by atoms with Gasteiger partial charge in [-0.3, -0.25) is 9.36 Å². The highest BCUT2D eigenvalue weighted by Crippen LogP contribution is 2.41. The van der Waals surface area contributed by atoms with Crippen LogP contribution in [0, 0.1) is 7.14 Å². The number of hydrogen-bond donors (Lipinski definition) is 0. The van der Waals surface area contributed by atoms with Gasteiger partial charge in [0.25, 0.3) is 5.56 Å². The third-order valence-electron chi connectivity index (χ3n) is 6.27. The van der Waals surface area contributed by atoms with Crippen LogP contribution in [0.1, 0.15) is 37.9 Å². The number of ether oxygens (including phenoxy) is 5. The van der Waals surface area contributed by atoms with Crippen molar-refractivity contribution in [3.63, 3.8) is 0 Å². The minimum absolute atomic E-state index is 0.163. The van der Waals surface area contributed by atoms with E-state index >= 15 is 0 Å². The number of methoxy groups -OCH3 is 2. The van der Waals surface area contributed by atoms with Gasteiger partial charge in [0.15, 0.2) is 22.9 Å². The number of allylic oxidation sites excluding steroid dienone is 1. The van der Waals surface area contributed by atoms with E-state index in [9.17, 15) is 14.4 Å². The lowest BCUT2D eigenvalue weighted by atomic mass is 9.95. The van der Waals surface area contributed by atoms with Crippen molar-refractivity contribution in [2.45, 2.75) is 26.8 Å². The highest BCUT2D eigenvalue weighted by atomic mass is 127. The minimum Gasteiger partial charge on any atom is -0.493 e. The fourth-order valence-corrected chi connectivity index (χ4v) is 8.16. The van der Waals surface area contributed by atoms with Gasteiger partial charge < -0.3 is 23.7 Å². The van der Waals surface area contributed by atoms with E-state index in [4.69, 9.17) is 23.7 Å². The molecule has 10 nitrogen and oxygen atoms in total. The molecule has 0 bridgehead atoms. The van der Waals surface area contributed by atoms with Crippen LogP contribution in [0.4, 0.5) is 0 Å². The molecule has 1 atom stereocenters. The summed E-state index contributed by atoms with van der Waals surface area (Å²) in [7, 11) is 3.05. The lowest BCUT2D eigenvalue weighted by Crippen LogP contribution is -2.40. The molecule has 3 aromatic rings. The first kappa shape index (κ1) is 33.5. The number of thiazole rings is 1. The Balaban J connectivity index is 1.87. The maximum Gasteiger partial charge on any atom is 0.344 e. The van der Waals surface area contributed by atoms with Crippen molar-refractivity contribution < 1.29 is 33.3 Å². The van der Waals surface area contributed by atoms with Crippen molar-refractivity contribution >= 4 is 90.5 Å². The van der Waals surface area contributed by atoms with Crippen LogP contribution in [0.25, 0.3) is 6.08 Å². The van der Waals surface area contributed by atoms with E-state index in [0.29, 0.717) is 42.3 Å². The molecule has 0 saturated heterocycles. The van der Waals surface area contributed by atoms with Crippen LogP contribution < -0.4 is 29.1 Å². The zero-order chi connectivity index (χ0) is 31.4. The number of fused-ring (bicyclic) bond motifs is 1. The van der Waals surface area contributed by atoms with Gasteiger partial charge in [-0.2, -0.15) is 0 Å². The molecule has 1 aromatic heterocycles. The van der Waals surface area contributed by atoms with Gasteiger partial charge in [0.05, 0.1) is 56.4 Å². The Morgan fingerprint density at radius 3 is 2.28 bits per heavy atom. The van der Waals surface area contributed by atoms with Crippen molar-refractivity contribution in [2.24, 2.45) is 4.99 Å². The van der Waals surface area contributed by atoms with E-state index < -0.39 is 18.0 Å². The van der Waals surface area contributed by atoms with Crippen molar-refractivity contribution in [1.82, 2.24) is 4.57 Å². The molecule has 4 rings (SSSR count). The second-order valence-corrected chi connectivity index (χ2v) is 13.1. The van der Waals surface area contributed by atoms with Crippen LogP contribution in [0.5, 0.6) is 17.2 Å². The number of benzene rings is 2. The molecule has 0 fully saturated rings. The Kier molecular flexibility index (Phi) is 11.3. The second kappa shape index (κ2) is 14.6. The Morgan fingerprint density at radius 2 is 1.67 bits per heavy atom. The summed E-state index contributed by atoms with van der Waals surface area (Å²) in [6.45, 7) is 5.42. The van der Waals surface area contributed by atoms with Crippen molar-refractivity contribution in [1.29, 1.82) is 0 Å². The zero-order valence-electron chi connectivity index (χ0n) is 23.8. The van der Waals surface area contributed by atoms with Gasteiger partial charge in [0.2, 0.25) is 0 Å². The van der Waals surface area contributed by atoms with E-state index in [2.05, 4.69) is 66.1 Å². The van der Waals surface area contributed by atoms with Gasteiger partial charge in [-0.25, -0.2) is 14.6 Å². The Bertz CT molecular complexity index is 1780. The number of esters is 2. The van der Waals surface area contributed by atoms with Crippen LogP contribution in [-0.4, -0.2) is 50.5 Å². The van der Waals surface area contributed by atoms with Crippen LogP contribution in [0.15, 0.2) is 49.8 Å². The first-order valence-electron chi connectivity index (χ1n) is 12.9. The third-order valence-corrected chi connectivity index (χ3v) is 9.54. The molecule has 0 N–H and O–H groups in total.